The van der Waals surface area contributed by atoms with E-state index in [0.717, 1.165) is 25.3 Å². The first-order valence-corrected chi connectivity index (χ1v) is 7.80. The minimum atomic E-state index is -0.0290. The number of nitrogens with zero attached hydrogens (tertiary/aromatic N) is 1. The Morgan fingerprint density at radius 1 is 1.38 bits per heavy atom. The van der Waals surface area contributed by atoms with Gasteiger partial charge in [-0.05, 0) is 12.3 Å². The maximum absolute atomic E-state index is 12.2. The molecule has 1 rings (SSSR count). The Hall–Kier alpha value is 0.300. The highest BCUT2D eigenvalue weighted by atomic mass is 79.9. The third kappa shape index (κ3) is 3.95. The van der Waals surface area contributed by atoms with Gasteiger partial charge in [-0.15, -0.1) is 0 Å². The molecule has 16 heavy (non-hydrogen) atoms. The van der Waals surface area contributed by atoms with Gasteiger partial charge in [0.1, 0.15) is 0 Å². The van der Waals surface area contributed by atoms with Crippen LogP contribution < -0.4 is 0 Å². The number of halogens is 1. The van der Waals surface area contributed by atoms with Crippen LogP contribution >= 0.6 is 27.7 Å². The standard InChI is InChI=1S/C12H22BrNOS/c1-9(2)10(13)11(15)14-6-5-12(3,4)16-8-7-14/h9-10H,5-8H2,1-4H3. The van der Waals surface area contributed by atoms with Gasteiger partial charge in [-0.25, -0.2) is 0 Å². The molecule has 4 heteroatoms. The van der Waals surface area contributed by atoms with Crippen molar-refractivity contribution >= 4 is 33.6 Å². The van der Waals surface area contributed by atoms with Crippen LogP contribution in [0.5, 0.6) is 0 Å². The highest BCUT2D eigenvalue weighted by molar-refractivity contribution is 9.10. The number of amides is 1. The fraction of sp³-hybridized carbons (Fsp3) is 0.917. The van der Waals surface area contributed by atoms with E-state index in [0.29, 0.717) is 10.7 Å². The molecule has 1 amide bonds. The molecule has 2 nitrogen and oxygen atoms in total. The second-order valence-corrected chi connectivity index (χ2v) is 8.12. The molecule has 1 saturated heterocycles. The van der Waals surface area contributed by atoms with Gasteiger partial charge < -0.3 is 4.90 Å². The predicted octanol–water partition coefficient (Wildman–Crippen LogP) is 3.15. The van der Waals surface area contributed by atoms with Crippen molar-refractivity contribution in [2.24, 2.45) is 5.92 Å². The van der Waals surface area contributed by atoms with Crippen molar-refractivity contribution in [2.75, 3.05) is 18.8 Å². The summed E-state index contributed by atoms with van der Waals surface area (Å²) in [6.07, 6.45) is 1.08. The van der Waals surface area contributed by atoms with Gasteiger partial charge in [-0.2, -0.15) is 11.8 Å². The van der Waals surface area contributed by atoms with Gasteiger partial charge in [0.2, 0.25) is 5.91 Å². The molecule has 0 spiro atoms. The molecular formula is C12H22BrNOS. The highest BCUT2D eigenvalue weighted by Gasteiger charge is 2.29. The zero-order chi connectivity index (χ0) is 12.3. The lowest BCUT2D eigenvalue weighted by Crippen LogP contribution is -2.40. The summed E-state index contributed by atoms with van der Waals surface area (Å²) < 4.78 is 0.314. The van der Waals surface area contributed by atoms with E-state index < -0.39 is 0 Å². The molecule has 0 aromatic rings. The molecule has 0 radical (unpaired) electrons. The zero-order valence-electron chi connectivity index (χ0n) is 10.6. The average Bonchev–Trinajstić information content (AvgIpc) is 2.37. The molecular weight excluding hydrogens is 286 g/mol. The van der Waals surface area contributed by atoms with Gasteiger partial charge in [-0.1, -0.05) is 43.6 Å². The van der Waals surface area contributed by atoms with E-state index in [4.69, 9.17) is 0 Å². The molecule has 1 heterocycles. The largest absolute Gasteiger partial charge is 0.341 e. The Morgan fingerprint density at radius 3 is 2.56 bits per heavy atom. The average molecular weight is 308 g/mol. The summed E-state index contributed by atoms with van der Waals surface area (Å²) >= 11 is 5.47. The summed E-state index contributed by atoms with van der Waals surface area (Å²) in [4.78, 5) is 14.2. The van der Waals surface area contributed by atoms with Crippen molar-refractivity contribution in [3.63, 3.8) is 0 Å². The maximum atomic E-state index is 12.2. The fourth-order valence-electron chi connectivity index (χ4n) is 1.70. The van der Waals surface area contributed by atoms with Gasteiger partial charge in [-0.3, -0.25) is 4.79 Å². The number of alkyl halides is 1. The second-order valence-electron chi connectivity index (χ2n) is 5.33. The third-order valence-electron chi connectivity index (χ3n) is 2.97. The van der Waals surface area contributed by atoms with Gasteiger partial charge in [0.25, 0.3) is 0 Å². The summed E-state index contributed by atoms with van der Waals surface area (Å²) in [5.41, 5.74) is 0. The number of rotatable bonds is 2. The quantitative estimate of drug-likeness (QED) is 0.730. The number of thioether (sulfide) groups is 1. The molecule has 0 bridgehead atoms. The van der Waals surface area contributed by atoms with E-state index in [-0.39, 0.29) is 10.7 Å². The highest BCUT2D eigenvalue weighted by Crippen LogP contribution is 2.31. The minimum Gasteiger partial charge on any atom is -0.341 e. The van der Waals surface area contributed by atoms with Crippen molar-refractivity contribution in [1.82, 2.24) is 4.90 Å². The lowest BCUT2D eigenvalue weighted by Gasteiger charge is -2.25. The lowest BCUT2D eigenvalue weighted by atomic mass is 10.1. The van der Waals surface area contributed by atoms with E-state index in [2.05, 4.69) is 43.6 Å². The Labute approximate surface area is 112 Å². The number of hydrogen-bond acceptors (Lipinski definition) is 2. The first-order chi connectivity index (χ1) is 7.33. The van der Waals surface area contributed by atoms with Crippen LogP contribution in [0.3, 0.4) is 0 Å². The van der Waals surface area contributed by atoms with Crippen molar-refractivity contribution in [2.45, 2.75) is 43.7 Å². The Kier molecular flexibility index (Phi) is 5.17. The van der Waals surface area contributed by atoms with E-state index in [1.807, 2.05) is 16.7 Å². The second kappa shape index (κ2) is 5.76. The van der Waals surface area contributed by atoms with Crippen LogP contribution in [0.2, 0.25) is 0 Å². The molecule has 0 N–H and O–H groups in total. The molecule has 1 unspecified atom stereocenters. The number of carbonyl (C=O) groups is 1. The van der Waals surface area contributed by atoms with Gasteiger partial charge >= 0.3 is 0 Å². The summed E-state index contributed by atoms with van der Waals surface area (Å²) in [6.45, 7) is 10.5. The summed E-state index contributed by atoms with van der Waals surface area (Å²) in [7, 11) is 0. The van der Waals surface area contributed by atoms with E-state index in [9.17, 15) is 4.79 Å². The Bertz CT molecular complexity index is 255. The molecule has 0 aliphatic carbocycles. The molecule has 0 saturated carbocycles. The van der Waals surface area contributed by atoms with E-state index >= 15 is 0 Å². The Morgan fingerprint density at radius 2 is 2.00 bits per heavy atom. The first kappa shape index (κ1) is 14.4. The molecule has 1 aliphatic rings. The minimum absolute atomic E-state index is 0.0290. The van der Waals surface area contributed by atoms with Crippen LogP contribution in [-0.4, -0.2) is 39.2 Å². The SMILES string of the molecule is CC(C)C(Br)C(=O)N1CCSC(C)(C)CC1. The first-order valence-electron chi connectivity index (χ1n) is 5.90. The van der Waals surface area contributed by atoms with Crippen molar-refractivity contribution in [3.8, 4) is 0 Å². The summed E-state index contributed by atoms with van der Waals surface area (Å²) in [5.74, 6) is 1.67. The van der Waals surface area contributed by atoms with Gasteiger partial charge in [0, 0.05) is 23.6 Å². The third-order valence-corrected chi connectivity index (χ3v) is 5.79. The molecule has 1 atom stereocenters. The molecule has 0 aromatic carbocycles. The van der Waals surface area contributed by atoms with Crippen LogP contribution in [0.15, 0.2) is 0 Å². The molecule has 94 valence electrons. The monoisotopic (exact) mass is 307 g/mol. The molecule has 1 aliphatic heterocycles. The maximum Gasteiger partial charge on any atom is 0.236 e. The lowest BCUT2D eigenvalue weighted by molar-refractivity contribution is -0.130. The number of hydrogen-bond donors (Lipinski definition) is 0. The Balaban J connectivity index is 2.58. The van der Waals surface area contributed by atoms with E-state index in [1.54, 1.807) is 0 Å². The van der Waals surface area contributed by atoms with Crippen molar-refractivity contribution in [3.05, 3.63) is 0 Å². The number of carbonyl (C=O) groups excluding carboxylic acids is 1. The van der Waals surface area contributed by atoms with Gasteiger partial charge in [0.05, 0.1) is 4.83 Å². The van der Waals surface area contributed by atoms with Crippen molar-refractivity contribution in [1.29, 1.82) is 0 Å². The predicted molar refractivity (Wildman–Crippen MR) is 75.3 cm³/mol. The molecule has 0 aromatic heterocycles. The zero-order valence-corrected chi connectivity index (χ0v) is 13.0. The van der Waals surface area contributed by atoms with Crippen LogP contribution in [-0.2, 0) is 4.79 Å². The van der Waals surface area contributed by atoms with Crippen LogP contribution in [0, 0.1) is 5.92 Å². The smallest absolute Gasteiger partial charge is 0.236 e. The summed E-state index contributed by atoms with van der Waals surface area (Å²) in [5, 5.41) is 0. The van der Waals surface area contributed by atoms with Crippen molar-refractivity contribution < 1.29 is 4.79 Å². The van der Waals surface area contributed by atoms with Crippen LogP contribution in [0.25, 0.3) is 0 Å². The topological polar surface area (TPSA) is 20.3 Å². The molecule has 1 fully saturated rings. The normalized spacial score (nSPS) is 23.0. The fourth-order valence-corrected chi connectivity index (χ4v) is 3.09. The van der Waals surface area contributed by atoms with E-state index in [1.165, 1.54) is 0 Å². The van der Waals surface area contributed by atoms with Gasteiger partial charge in [0.15, 0.2) is 0 Å². The summed E-state index contributed by atoms with van der Waals surface area (Å²) in [6, 6.07) is 0. The van der Waals surface area contributed by atoms with Crippen LogP contribution in [0.4, 0.5) is 0 Å². The van der Waals surface area contributed by atoms with Crippen LogP contribution in [0.1, 0.15) is 34.1 Å².